The molecule has 0 aliphatic carbocycles. The van der Waals surface area contributed by atoms with E-state index in [1.165, 1.54) is 7.11 Å². The first-order valence-electron chi connectivity index (χ1n) is 4.34. The fourth-order valence-electron chi connectivity index (χ4n) is 1.37. The molecule has 5 heteroatoms. The van der Waals surface area contributed by atoms with Crippen molar-refractivity contribution in [1.29, 1.82) is 0 Å². The van der Waals surface area contributed by atoms with Crippen LogP contribution in [-0.4, -0.2) is 46.4 Å². The Hall–Kier alpha value is -0.580. The van der Waals surface area contributed by atoms with E-state index in [0.29, 0.717) is 18.1 Å². The summed E-state index contributed by atoms with van der Waals surface area (Å²) in [4.78, 5) is 12.9. The van der Waals surface area contributed by atoms with Gasteiger partial charge in [0.05, 0.1) is 7.11 Å². The van der Waals surface area contributed by atoms with E-state index in [9.17, 15) is 9.00 Å². The van der Waals surface area contributed by atoms with Crippen molar-refractivity contribution in [3.63, 3.8) is 0 Å². The number of carbonyl (C=O) groups excluding carboxylic acids is 1. The fraction of sp³-hybridized carbons (Fsp3) is 0.875. The topological polar surface area (TPSA) is 46.6 Å². The van der Waals surface area contributed by atoms with Gasteiger partial charge in [-0.2, -0.15) is 0 Å². The van der Waals surface area contributed by atoms with E-state index in [1.807, 2.05) is 6.92 Å². The highest BCUT2D eigenvalue weighted by Crippen LogP contribution is 2.10. The lowest BCUT2D eigenvalue weighted by atomic mass is 10.2. The number of hydrogen-bond donors (Lipinski definition) is 0. The van der Waals surface area contributed by atoms with Crippen LogP contribution in [0.25, 0.3) is 0 Å². The zero-order valence-electron chi connectivity index (χ0n) is 7.99. The van der Waals surface area contributed by atoms with E-state index < -0.39 is 10.8 Å². The quantitative estimate of drug-likeness (QED) is 0.581. The first-order chi connectivity index (χ1) is 6.15. The number of carbonyl (C=O) groups is 1. The lowest BCUT2D eigenvalue weighted by molar-refractivity contribution is 0.111. The van der Waals surface area contributed by atoms with E-state index in [2.05, 4.69) is 4.74 Å². The molecule has 2 atom stereocenters. The SMILES string of the molecule is COC(=O)N1CCS(=O)CCC1C. The van der Waals surface area contributed by atoms with E-state index >= 15 is 0 Å². The Bertz CT molecular complexity index is 219. The van der Waals surface area contributed by atoms with Crippen LogP contribution < -0.4 is 0 Å². The van der Waals surface area contributed by atoms with Crippen molar-refractivity contribution in [3.05, 3.63) is 0 Å². The molecule has 1 aliphatic rings. The monoisotopic (exact) mass is 205 g/mol. The molecule has 1 heterocycles. The van der Waals surface area contributed by atoms with Crippen LogP contribution in [0.1, 0.15) is 13.3 Å². The summed E-state index contributed by atoms with van der Waals surface area (Å²) in [6.07, 6.45) is 0.480. The first-order valence-corrected chi connectivity index (χ1v) is 5.83. The predicted octanol–water partition coefficient (Wildman–Crippen LogP) is 0.596. The summed E-state index contributed by atoms with van der Waals surface area (Å²) in [6, 6.07) is 0.138. The molecule has 0 bridgehead atoms. The predicted molar refractivity (Wildman–Crippen MR) is 51.1 cm³/mol. The van der Waals surface area contributed by atoms with E-state index in [0.717, 1.165) is 6.42 Å². The van der Waals surface area contributed by atoms with Crippen LogP contribution in [-0.2, 0) is 15.5 Å². The highest BCUT2D eigenvalue weighted by atomic mass is 32.2. The molecule has 0 aromatic heterocycles. The average Bonchev–Trinajstić information content (AvgIpc) is 2.28. The Morgan fingerprint density at radius 1 is 1.54 bits per heavy atom. The van der Waals surface area contributed by atoms with Gasteiger partial charge in [-0.05, 0) is 13.3 Å². The van der Waals surface area contributed by atoms with Crippen molar-refractivity contribution < 1.29 is 13.7 Å². The summed E-state index contributed by atoms with van der Waals surface area (Å²) in [5.41, 5.74) is 0. The molecule has 1 saturated heterocycles. The van der Waals surface area contributed by atoms with E-state index in [1.54, 1.807) is 4.90 Å². The summed E-state index contributed by atoms with van der Waals surface area (Å²) in [7, 11) is 0.605. The molecule has 0 aromatic carbocycles. The number of nitrogens with zero attached hydrogens (tertiary/aromatic N) is 1. The minimum absolute atomic E-state index is 0.138. The van der Waals surface area contributed by atoms with Gasteiger partial charge in [-0.3, -0.25) is 4.21 Å². The van der Waals surface area contributed by atoms with Crippen LogP contribution in [0, 0.1) is 0 Å². The lowest BCUT2D eigenvalue weighted by Gasteiger charge is -2.24. The Labute approximate surface area is 80.7 Å². The zero-order chi connectivity index (χ0) is 9.84. The molecule has 2 unspecified atom stereocenters. The van der Waals surface area contributed by atoms with Crippen LogP contribution in [0.2, 0.25) is 0 Å². The second-order valence-corrected chi connectivity index (χ2v) is 4.85. The van der Waals surface area contributed by atoms with Gasteiger partial charge in [-0.1, -0.05) is 0 Å². The van der Waals surface area contributed by atoms with Gasteiger partial charge in [-0.25, -0.2) is 4.79 Å². The van der Waals surface area contributed by atoms with E-state index in [4.69, 9.17) is 0 Å². The standard InChI is InChI=1S/C8H15NO3S/c1-7-3-5-13(11)6-4-9(7)8(10)12-2/h7H,3-6H2,1-2H3. The molecule has 0 N–H and O–H groups in total. The number of methoxy groups -OCH3 is 1. The van der Waals surface area contributed by atoms with Gasteiger partial charge >= 0.3 is 6.09 Å². The van der Waals surface area contributed by atoms with Gasteiger partial charge in [0, 0.05) is 34.9 Å². The Morgan fingerprint density at radius 2 is 2.23 bits per heavy atom. The molecule has 4 nitrogen and oxygen atoms in total. The van der Waals surface area contributed by atoms with Gasteiger partial charge in [0.1, 0.15) is 0 Å². The van der Waals surface area contributed by atoms with Crippen molar-refractivity contribution in [2.75, 3.05) is 25.2 Å². The summed E-state index contributed by atoms with van der Waals surface area (Å²) in [5, 5.41) is 0. The summed E-state index contributed by atoms with van der Waals surface area (Å²) in [5.74, 6) is 1.26. The zero-order valence-corrected chi connectivity index (χ0v) is 8.80. The summed E-state index contributed by atoms with van der Waals surface area (Å²) in [6.45, 7) is 2.50. The van der Waals surface area contributed by atoms with Crippen LogP contribution >= 0.6 is 0 Å². The summed E-state index contributed by atoms with van der Waals surface area (Å²) < 4.78 is 15.9. The number of rotatable bonds is 0. The van der Waals surface area contributed by atoms with Gasteiger partial charge in [-0.15, -0.1) is 0 Å². The number of ether oxygens (including phenoxy) is 1. The molecular formula is C8H15NO3S. The van der Waals surface area contributed by atoms with Crippen molar-refractivity contribution in [3.8, 4) is 0 Å². The smallest absolute Gasteiger partial charge is 0.409 e. The second kappa shape index (κ2) is 4.60. The van der Waals surface area contributed by atoms with Crippen molar-refractivity contribution in [1.82, 2.24) is 4.90 Å². The maximum atomic E-state index is 11.2. The third-order valence-electron chi connectivity index (χ3n) is 2.26. The largest absolute Gasteiger partial charge is 0.453 e. The molecule has 1 fully saturated rings. The normalized spacial score (nSPS) is 29.5. The minimum atomic E-state index is -0.767. The molecular weight excluding hydrogens is 190 g/mol. The number of amides is 1. The molecule has 0 spiro atoms. The van der Waals surface area contributed by atoms with E-state index in [-0.39, 0.29) is 12.1 Å². The molecule has 76 valence electrons. The van der Waals surface area contributed by atoms with Crippen LogP contribution in [0.5, 0.6) is 0 Å². The molecule has 0 aromatic rings. The highest BCUT2D eigenvalue weighted by Gasteiger charge is 2.24. The van der Waals surface area contributed by atoms with Gasteiger partial charge in [0.2, 0.25) is 0 Å². The third kappa shape index (κ3) is 2.69. The number of hydrogen-bond acceptors (Lipinski definition) is 3. The molecule has 1 aliphatic heterocycles. The minimum Gasteiger partial charge on any atom is -0.453 e. The van der Waals surface area contributed by atoms with Gasteiger partial charge < -0.3 is 9.64 Å². The Morgan fingerprint density at radius 3 is 2.85 bits per heavy atom. The van der Waals surface area contributed by atoms with Crippen molar-refractivity contribution in [2.45, 2.75) is 19.4 Å². The van der Waals surface area contributed by atoms with Gasteiger partial charge in [0.15, 0.2) is 0 Å². The van der Waals surface area contributed by atoms with Crippen LogP contribution in [0.3, 0.4) is 0 Å². The Kier molecular flexibility index (Phi) is 3.71. The highest BCUT2D eigenvalue weighted by molar-refractivity contribution is 7.85. The third-order valence-corrected chi connectivity index (χ3v) is 3.59. The maximum Gasteiger partial charge on any atom is 0.409 e. The van der Waals surface area contributed by atoms with Crippen LogP contribution in [0.15, 0.2) is 0 Å². The maximum absolute atomic E-state index is 11.2. The van der Waals surface area contributed by atoms with Crippen molar-refractivity contribution in [2.24, 2.45) is 0 Å². The first kappa shape index (κ1) is 10.5. The van der Waals surface area contributed by atoms with Crippen LogP contribution in [0.4, 0.5) is 4.79 Å². The lowest BCUT2D eigenvalue weighted by Crippen LogP contribution is -2.39. The Balaban J connectivity index is 2.61. The summed E-state index contributed by atoms with van der Waals surface area (Å²) >= 11 is 0. The molecule has 0 radical (unpaired) electrons. The molecule has 13 heavy (non-hydrogen) atoms. The molecule has 0 saturated carbocycles. The molecule has 1 rings (SSSR count). The second-order valence-electron chi connectivity index (χ2n) is 3.15. The molecule has 1 amide bonds. The van der Waals surface area contributed by atoms with Gasteiger partial charge in [0.25, 0.3) is 0 Å². The van der Waals surface area contributed by atoms with Crippen molar-refractivity contribution >= 4 is 16.9 Å². The fourth-order valence-corrected chi connectivity index (χ4v) is 2.58. The average molecular weight is 205 g/mol.